The van der Waals surface area contributed by atoms with Crippen LogP contribution in [-0.2, 0) is 0 Å². The van der Waals surface area contributed by atoms with Gasteiger partial charge in [-0.3, -0.25) is 4.79 Å². The van der Waals surface area contributed by atoms with Crippen LogP contribution < -0.4 is 11.1 Å². The molecule has 3 nitrogen and oxygen atoms in total. The average Bonchev–Trinajstić information content (AvgIpc) is 2.27. The molecule has 0 atom stereocenters. The van der Waals surface area contributed by atoms with Crippen molar-refractivity contribution in [2.45, 2.75) is 19.3 Å². The smallest absolute Gasteiger partial charge is 0.255 e. The van der Waals surface area contributed by atoms with E-state index in [0.29, 0.717) is 22.4 Å². The molecule has 0 aliphatic carbocycles. The van der Waals surface area contributed by atoms with Gasteiger partial charge in [0.05, 0.1) is 10.6 Å². The quantitative estimate of drug-likeness (QED) is 0.622. The Morgan fingerprint density at radius 3 is 2.78 bits per heavy atom. The summed E-state index contributed by atoms with van der Waals surface area (Å²) in [6.07, 6.45) is 2.23. The first-order valence-corrected chi connectivity index (χ1v) is 6.73. The van der Waals surface area contributed by atoms with E-state index in [1.807, 2.05) is 0 Å². The molecular formula is C12H14BrFN2OS. The van der Waals surface area contributed by atoms with Gasteiger partial charge in [-0.25, -0.2) is 4.39 Å². The third-order valence-corrected chi connectivity index (χ3v) is 3.19. The van der Waals surface area contributed by atoms with Crippen LogP contribution >= 0.6 is 28.1 Å². The lowest BCUT2D eigenvalue weighted by Gasteiger charge is -2.07. The van der Waals surface area contributed by atoms with E-state index in [-0.39, 0.29) is 5.56 Å². The maximum absolute atomic E-state index is 13.5. The van der Waals surface area contributed by atoms with Crippen LogP contribution in [0.4, 0.5) is 4.39 Å². The molecule has 0 unspecified atom stereocenters. The highest BCUT2D eigenvalue weighted by Gasteiger charge is 2.14. The van der Waals surface area contributed by atoms with Crippen molar-refractivity contribution in [3.05, 3.63) is 34.1 Å². The number of carbonyl (C=O) groups excluding carboxylic acids is 1. The molecule has 3 N–H and O–H groups in total. The molecule has 1 rings (SSSR count). The summed E-state index contributed by atoms with van der Waals surface area (Å²) < 4.78 is 13.9. The molecule has 0 aromatic heterocycles. The number of halogens is 2. The largest absolute Gasteiger partial charge is 0.393 e. The Hall–Kier alpha value is -1.01. The number of benzene rings is 1. The second kappa shape index (κ2) is 7.43. The number of nitrogens with one attached hydrogen (secondary N) is 1. The molecule has 0 saturated carbocycles. The van der Waals surface area contributed by atoms with Crippen molar-refractivity contribution in [1.29, 1.82) is 0 Å². The van der Waals surface area contributed by atoms with Gasteiger partial charge in [-0.2, -0.15) is 0 Å². The first-order chi connectivity index (χ1) is 8.52. The molecular weight excluding hydrogens is 319 g/mol. The van der Waals surface area contributed by atoms with Gasteiger partial charge in [-0.1, -0.05) is 18.3 Å². The summed E-state index contributed by atoms with van der Waals surface area (Å²) >= 11 is 7.90. The summed E-state index contributed by atoms with van der Waals surface area (Å²) in [5, 5.41) is 2.66. The summed E-state index contributed by atoms with van der Waals surface area (Å²) in [7, 11) is 0. The van der Waals surface area contributed by atoms with Gasteiger partial charge in [0.25, 0.3) is 5.91 Å². The van der Waals surface area contributed by atoms with Crippen LogP contribution in [0, 0.1) is 5.82 Å². The lowest BCUT2D eigenvalue weighted by atomic mass is 10.2. The molecule has 1 aromatic rings. The van der Waals surface area contributed by atoms with Gasteiger partial charge in [0.15, 0.2) is 0 Å². The monoisotopic (exact) mass is 332 g/mol. The van der Waals surface area contributed by atoms with Crippen molar-refractivity contribution >= 4 is 39.0 Å². The minimum Gasteiger partial charge on any atom is -0.393 e. The molecule has 0 saturated heterocycles. The summed E-state index contributed by atoms with van der Waals surface area (Å²) in [5.74, 6) is -0.958. The van der Waals surface area contributed by atoms with Gasteiger partial charge in [-0.15, -0.1) is 0 Å². The topological polar surface area (TPSA) is 55.1 Å². The van der Waals surface area contributed by atoms with E-state index in [2.05, 4.69) is 21.2 Å². The van der Waals surface area contributed by atoms with Crippen molar-refractivity contribution in [3.63, 3.8) is 0 Å². The maximum Gasteiger partial charge on any atom is 0.255 e. The van der Waals surface area contributed by atoms with Crippen LogP contribution in [0.3, 0.4) is 0 Å². The van der Waals surface area contributed by atoms with Crippen molar-refractivity contribution in [2.24, 2.45) is 5.73 Å². The first kappa shape index (κ1) is 15.0. The Balaban J connectivity index is 2.44. The Bertz CT molecular complexity index is 433. The fraction of sp³-hybridized carbons (Fsp3) is 0.333. The molecule has 0 fully saturated rings. The number of unbranched alkanes of at least 4 members (excludes halogenated alkanes) is 1. The minimum atomic E-state index is -0.537. The van der Waals surface area contributed by atoms with Crippen molar-refractivity contribution in [1.82, 2.24) is 5.32 Å². The van der Waals surface area contributed by atoms with Crippen LogP contribution in [0.1, 0.15) is 29.6 Å². The van der Waals surface area contributed by atoms with E-state index >= 15 is 0 Å². The van der Waals surface area contributed by atoms with Crippen molar-refractivity contribution < 1.29 is 9.18 Å². The summed E-state index contributed by atoms with van der Waals surface area (Å²) in [5.41, 5.74) is 5.39. The molecule has 0 aliphatic rings. The third-order valence-electron chi connectivity index (χ3n) is 2.33. The van der Waals surface area contributed by atoms with Gasteiger partial charge in [0, 0.05) is 11.0 Å². The molecule has 0 aliphatic heterocycles. The number of hydrogen-bond donors (Lipinski definition) is 2. The molecule has 0 radical (unpaired) electrons. The fourth-order valence-electron chi connectivity index (χ4n) is 1.43. The zero-order valence-corrected chi connectivity index (χ0v) is 12.1. The van der Waals surface area contributed by atoms with E-state index in [1.54, 1.807) is 12.1 Å². The fourth-order valence-corrected chi connectivity index (χ4v) is 2.10. The normalized spacial score (nSPS) is 10.1. The van der Waals surface area contributed by atoms with E-state index in [4.69, 9.17) is 18.0 Å². The van der Waals surface area contributed by atoms with Gasteiger partial charge in [-0.05, 0) is 47.3 Å². The second-order valence-electron chi connectivity index (χ2n) is 3.78. The molecule has 1 aromatic carbocycles. The van der Waals surface area contributed by atoms with Gasteiger partial charge in [0.2, 0.25) is 0 Å². The highest BCUT2D eigenvalue weighted by molar-refractivity contribution is 9.10. The van der Waals surface area contributed by atoms with Gasteiger partial charge < -0.3 is 11.1 Å². The van der Waals surface area contributed by atoms with Gasteiger partial charge in [0.1, 0.15) is 5.82 Å². The number of nitrogens with two attached hydrogens (primary N) is 1. The zero-order valence-electron chi connectivity index (χ0n) is 9.71. The summed E-state index contributed by atoms with van der Waals surface area (Å²) in [6.45, 7) is 0.474. The average molecular weight is 333 g/mol. The van der Waals surface area contributed by atoms with E-state index in [9.17, 15) is 9.18 Å². The highest BCUT2D eigenvalue weighted by atomic mass is 79.9. The number of carbonyl (C=O) groups is 1. The molecule has 18 heavy (non-hydrogen) atoms. The summed E-state index contributed by atoms with van der Waals surface area (Å²) in [6, 6.07) is 4.43. The van der Waals surface area contributed by atoms with Crippen LogP contribution in [0.15, 0.2) is 22.7 Å². The Morgan fingerprint density at radius 2 is 2.17 bits per heavy atom. The molecule has 1 amide bonds. The Kier molecular flexibility index (Phi) is 6.21. The van der Waals surface area contributed by atoms with Gasteiger partial charge >= 0.3 is 0 Å². The molecule has 0 heterocycles. The van der Waals surface area contributed by atoms with E-state index in [1.165, 1.54) is 6.07 Å². The number of amides is 1. The second-order valence-corrected chi connectivity index (χ2v) is 5.15. The molecule has 6 heteroatoms. The van der Waals surface area contributed by atoms with Crippen LogP contribution in [-0.4, -0.2) is 17.4 Å². The number of rotatable bonds is 6. The zero-order chi connectivity index (χ0) is 13.5. The van der Waals surface area contributed by atoms with Crippen molar-refractivity contribution in [2.75, 3.05) is 6.54 Å². The van der Waals surface area contributed by atoms with Crippen LogP contribution in [0.5, 0.6) is 0 Å². The Morgan fingerprint density at radius 1 is 1.44 bits per heavy atom. The SMILES string of the molecule is NC(=S)CCCCNC(=O)c1c(F)cccc1Br. The standard InChI is InChI=1S/C12H14BrFN2OS/c13-8-4-3-5-9(14)11(8)12(17)16-7-2-1-6-10(15)18/h3-5H,1-2,6-7H2,(H2,15,18)(H,16,17). The van der Waals surface area contributed by atoms with Crippen molar-refractivity contribution in [3.8, 4) is 0 Å². The Labute approximate surface area is 119 Å². The first-order valence-electron chi connectivity index (χ1n) is 5.53. The highest BCUT2D eigenvalue weighted by Crippen LogP contribution is 2.19. The van der Waals surface area contributed by atoms with E-state index < -0.39 is 11.7 Å². The lowest BCUT2D eigenvalue weighted by Crippen LogP contribution is -2.26. The molecule has 98 valence electrons. The van der Waals surface area contributed by atoms with E-state index in [0.717, 1.165) is 12.8 Å². The number of hydrogen-bond acceptors (Lipinski definition) is 2. The molecule has 0 spiro atoms. The summed E-state index contributed by atoms with van der Waals surface area (Å²) in [4.78, 5) is 12.2. The third kappa shape index (κ3) is 4.70. The number of thiocarbonyl (C=S) groups is 1. The lowest BCUT2D eigenvalue weighted by molar-refractivity contribution is 0.0948. The molecule has 0 bridgehead atoms. The van der Waals surface area contributed by atoms with Crippen LogP contribution in [0.2, 0.25) is 0 Å². The van der Waals surface area contributed by atoms with Crippen LogP contribution in [0.25, 0.3) is 0 Å². The predicted molar refractivity (Wildman–Crippen MR) is 77.1 cm³/mol. The predicted octanol–water partition coefficient (Wildman–Crippen LogP) is 2.77. The minimum absolute atomic E-state index is 0.0341. The maximum atomic E-state index is 13.5.